The van der Waals surface area contributed by atoms with Gasteiger partial charge in [-0.3, -0.25) is 0 Å². The highest BCUT2D eigenvalue weighted by Crippen LogP contribution is 2.44. The smallest absolute Gasteiger partial charge is 0.0546 e. The van der Waals surface area contributed by atoms with Crippen molar-refractivity contribution < 1.29 is 0 Å². The molecule has 1 heteroatoms. The molecule has 0 radical (unpaired) electrons. The van der Waals surface area contributed by atoms with Gasteiger partial charge >= 0.3 is 0 Å². The van der Waals surface area contributed by atoms with Crippen LogP contribution in [-0.4, -0.2) is 0 Å². The third-order valence-electron chi connectivity index (χ3n) is 11.1. The summed E-state index contributed by atoms with van der Waals surface area (Å²) in [6.07, 6.45) is 0. The second-order valence-corrected chi connectivity index (χ2v) is 14.6. The van der Waals surface area contributed by atoms with Gasteiger partial charge in [-0.05, 0) is 114 Å². The van der Waals surface area contributed by atoms with Crippen molar-refractivity contribution in [2.75, 3.05) is 4.90 Å². The zero-order chi connectivity index (χ0) is 38.0. The molecule has 0 amide bonds. The molecule has 1 nitrogen and oxygen atoms in total. The Morgan fingerprint density at radius 3 is 1.05 bits per heavy atom. The Labute approximate surface area is 334 Å². The Bertz CT molecular complexity index is 2970. The lowest BCUT2D eigenvalue weighted by Gasteiger charge is -2.29. The van der Waals surface area contributed by atoms with Crippen LogP contribution in [0.5, 0.6) is 0 Å². The van der Waals surface area contributed by atoms with Gasteiger partial charge in [0.2, 0.25) is 0 Å². The van der Waals surface area contributed by atoms with Crippen LogP contribution in [0.2, 0.25) is 0 Å². The van der Waals surface area contributed by atoms with Crippen LogP contribution in [0.4, 0.5) is 17.1 Å². The topological polar surface area (TPSA) is 3.24 Å². The van der Waals surface area contributed by atoms with E-state index in [9.17, 15) is 0 Å². The van der Waals surface area contributed by atoms with E-state index in [1.165, 1.54) is 77.2 Å². The van der Waals surface area contributed by atoms with Crippen LogP contribution in [-0.2, 0) is 0 Å². The molecular formula is C56H39N. The first-order valence-corrected chi connectivity index (χ1v) is 19.6. The van der Waals surface area contributed by atoms with E-state index < -0.39 is 0 Å². The van der Waals surface area contributed by atoms with E-state index in [-0.39, 0.29) is 0 Å². The lowest BCUT2D eigenvalue weighted by atomic mass is 9.95. The fourth-order valence-corrected chi connectivity index (χ4v) is 8.01. The van der Waals surface area contributed by atoms with E-state index in [1.54, 1.807) is 0 Å². The van der Waals surface area contributed by atoms with Gasteiger partial charge < -0.3 is 4.90 Å². The molecule has 0 aliphatic heterocycles. The second kappa shape index (κ2) is 15.0. The number of hydrogen-bond donors (Lipinski definition) is 0. The Morgan fingerprint density at radius 2 is 0.544 bits per heavy atom. The van der Waals surface area contributed by atoms with Gasteiger partial charge in [0.05, 0.1) is 5.69 Å². The molecule has 0 unspecified atom stereocenters. The van der Waals surface area contributed by atoms with Crippen LogP contribution < -0.4 is 4.90 Å². The standard InChI is InChI=1S/C56H39N/c1-3-11-40(12-4-1)43-19-21-44(22-20-43)45-27-32-53(33-28-45)57(54-34-29-46(30-35-54)50-25-23-41-13-7-9-17-48(41)37-50)56-39-52(31-36-55(56)47-15-5-2-6-16-47)51-26-24-42-14-8-10-18-49(42)38-51/h1-39H. The lowest BCUT2D eigenvalue weighted by molar-refractivity contribution is 1.28. The van der Waals surface area contributed by atoms with Crippen LogP contribution in [0.1, 0.15) is 0 Å². The number of anilines is 3. The largest absolute Gasteiger partial charge is 0.310 e. The van der Waals surface area contributed by atoms with Crippen molar-refractivity contribution in [1.29, 1.82) is 0 Å². The van der Waals surface area contributed by atoms with Crippen molar-refractivity contribution in [2.45, 2.75) is 0 Å². The number of fused-ring (bicyclic) bond motifs is 2. The summed E-state index contributed by atoms with van der Waals surface area (Å²) in [6.45, 7) is 0. The molecule has 0 heterocycles. The minimum atomic E-state index is 1.09. The van der Waals surface area contributed by atoms with Crippen molar-refractivity contribution in [3.63, 3.8) is 0 Å². The predicted octanol–water partition coefficient (Wildman–Crippen LogP) is 15.8. The summed E-state index contributed by atoms with van der Waals surface area (Å²) in [5.41, 5.74) is 15.2. The molecule has 10 aromatic rings. The Balaban J connectivity index is 1.10. The summed E-state index contributed by atoms with van der Waals surface area (Å²) >= 11 is 0. The number of nitrogens with zero attached hydrogens (tertiary/aromatic N) is 1. The maximum atomic E-state index is 2.42. The van der Waals surface area contributed by atoms with Crippen molar-refractivity contribution in [1.82, 2.24) is 0 Å². The van der Waals surface area contributed by atoms with Crippen molar-refractivity contribution in [3.8, 4) is 55.6 Å². The molecule has 10 rings (SSSR count). The minimum Gasteiger partial charge on any atom is -0.310 e. The lowest BCUT2D eigenvalue weighted by Crippen LogP contribution is -2.11. The van der Waals surface area contributed by atoms with Gasteiger partial charge in [-0.2, -0.15) is 0 Å². The van der Waals surface area contributed by atoms with Gasteiger partial charge in [-0.15, -0.1) is 0 Å². The first-order chi connectivity index (χ1) is 28.2. The van der Waals surface area contributed by atoms with Crippen LogP contribution in [0, 0.1) is 0 Å². The van der Waals surface area contributed by atoms with Gasteiger partial charge in [-0.25, -0.2) is 0 Å². The quantitative estimate of drug-likeness (QED) is 0.151. The Kier molecular flexibility index (Phi) is 8.95. The van der Waals surface area contributed by atoms with Gasteiger partial charge in [-0.1, -0.05) is 194 Å². The molecular weight excluding hydrogens is 687 g/mol. The normalized spacial score (nSPS) is 11.2. The highest BCUT2D eigenvalue weighted by Gasteiger charge is 2.19. The van der Waals surface area contributed by atoms with Crippen LogP contribution in [0.3, 0.4) is 0 Å². The molecule has 0 aliphatic carbocycles. The maximum Gasteiger partial charge on any atom is 0.0546 e. The first kappa shape index (κ1) is 34.0. The molecule has 0 fully saturated rings. The van der Waals surface area contributed by atoms with E-state index in [1.807, 2.05) is 0 Å². The molecule has 0 atom stereocenters. The van der Waals surface area contributed by atoms with Gasteiger partial charge in [0.25, 0.3) is 0 Å². The zero-order valence-electron chi connectivity index (χ0n) is 31.5. The first-order valence-electron chi connectivity index (χ1n) is 19.6. The number of hydrogen-bond acceptors (Lipinski definition) is 1. The van der Waals surface area contributed by atoms with Crippen LogP contribution >= 0.6 is 0 Å². The minimum absolute atomic E-state index is 1.09. The molecule has 0 spiro atoms. The summed E-state index contributed by atoms with van der Waals surface area (Å²) in [5, 5.41) is 4.97. The molecule has 0 saturated carbocycles. The van der Waals surface area contributed by atoms with Crippen molar-refractivity contribution in [2.24, 2.45) is 0 Å². The summed E-state index contributed by atoms with van der Waals surface area (Å²) < 4.78 is 0. The fraction of sp³-hybridized carbons (Fsp3) is 0. The zero-order valence-corrected chi connectivity index (χ0v) is 31.5. The number of rotatable bonds is 8. The van der Waals surface area contributed by atoms with Crippen molar-refractivity contribution in [3.05, 3.63) is 237 Å². The van der Waals surface area contributed by atoms with E-state index >= 15 is 0 Å². The summed E-state index contributed by atoms with van der Waals surface area (Å²) in [6, 6.07) is 85.8. The van der Waals surface area contributed by atoms with E-state index in [0.717, 1.165) is 17.1 Å². The third kappa shape index (κ3) is 6.88. The maximum absolute atomic E-state index is 2.42. The molecule has 0 aromatic heterocycles. The highest BCUT2D eigenvalue weighted by molar-refractivity contribution is 5.94. The average molecular weight is 726 g/mol. The molecule has 268 valence electrons. The SMILES string of the molecule is c1ccc(-c2ccc(-c3ccc(N(c4ccc(-c5ccc6ccccc6c5)cc4)c4cc(-c5ccc6ccccc6c5)ccc4-c4ccccc4)cc3)cc2)cc1. The monoisotopic (exact) mass is 725 g/mol. The highest BCUT2D eigenvalue weighted by atomic mass is 15.1. The molecule has 0 bridgehead atoms. The van der Waals surface area contributed by atoms with Gasteiger partial charge in [0.15, 0.2) is 0 Å². The molecule has 0 saturated heterocycles. The molecule has 10 aromatic carbocycles. The van der Waals surface area contributed by atoms with Crippen molar-refractivity contribution >= 4 is 38.6 Å². The fourth-order valence-electron chi connectivity index (χ4n) is 8.01. The van der Waals surface area contributed by atoms with Gasteiger partial charge in [0, 0.05) is 16.9 Å². The third-order valence-corrected chi connectivity index (χ3v) is 11.1. The predicted molar refractivity (Wildman–Crippen MR) is 243 cm³/mol. The summed E-state index contributed by atoms with van der Waals surface area (Å²) in [4.78, 5) is 2.42. The van der Waals surface area contributed by atoms with Gasteiger partial charge in [0.1, 0.15) is 0 Å². The van der Waals surface area contributed by atoms with E-state index in [2.05, 4.69) is 241 Å². The second-order valence-electron chi connectivity index (χ2n) is 14.6. The van der Waals surface area contributed by atoms with Crippen LogP contribution in [0.25, 0.3) is 77.2 Å². The summed E-state index contributed by atoms with van der Waals surface area (Å²) in [7, 11) is 0. The number of benzene rings is 10. The average Bonchev–Trinajstić information content (AvgIpc) is 3.30. The van der Waals surface area contributed by atoms with E-state index in [4.69, 9.17) is 0 Å². The van der Waals surface area contributed by atoms with Crippen LogP contribution in [0.15, 0.2) is 237 Å². The van der Waals surface area contributed by atoms with E-state index in [0.29, 0.717) is 0 Å². The Hall–Kier alpha value is -7.48. The molecule has 0 aliphatic rings. The Morgan fingerprint density at radius 1 is 0.211 bits per heavy atom. The summed E-state index contributed by atoms with van der Waals surface area (Å²) in [5.74, 6) is 0. The molecule has 0 N–H and O–H groups in total. The molecule has 57 heavy (non-hydrogen) atoms.